The number of aromatic nitrogens is 1. The van der Waals surface area contributed by atoms with Crippen LogP contribution in [0.15, 0.2) is 30.5 Å². The zero-order valence-electron chi connectivity index (χ0n) is 12.7. The third-order valence-corrected chi connectivity index (χ3v) is 3.46. The first-order valence-corrected chi connectivity index (χ1v) is 7.02. The average Bonchev–Trinajstić information content (AvgIpc) is 2.47. The van der Waals surface area contributed by atoms with Crippen molar-refractivity contribution in [3.05, 3.63) is 52.7 Å². The molecule has 0 spiro atoms. The molecule has 106 valence electrons. The fourth-order valence-corrected chi connectivity index (χ4v) is 2.03. The van der Waals surface area contributed by atoms with Crippen molar-refractivity contribution in [1.82, 2.24) is 10.3 Å². The molecule has 2 aromatic rings. The van der Waals surface area contributed by atoms with Gasteiger partial charge in [-0.05, 0) is 49.6 Å². The van der Waals surface area contributed by atoms with Gasteiger partial charge in [0.15, 0.2) is 0 Å². The highest BCUT2D eigenvalue weighted by molar-refractivity contribution is 5.46. The summed E-state index contributed by atoms with van der Waals surface area (Å²) in [6, 6.07) is 8.17. The highest BCUT2D eigenvalue weighted by Crippen LogP contribution is 2.29. The Labute approximate surface area is 121 Å². The van der Waals surface area contributed by atoms with Crippen LogP contribution in [-0.4, -0.2) is 11.5 Å². The summed E-state index contributed by atoms with van der Waals surface area (Å²) < 4.78 is 5.95. The number of pyridine rings is 1. The van der Waals surface area contributed by atoms with Gasteiger partial charge in [0.25, 0.3) is 0 Å². The molecule has 0 atom stereocenters. The molecule has 1 aromatic carbocycles. The highest BCUT2D eigenvalue weighted by Gasteiger charge is 2.08. The van der Waals surface area contributed by atoms with Crippen molar-refractivity contribution in [1.29, 1.82) is 0 Å². The molecule has 0 aliphatic heterocycles. The lowest BCUT2D eigenvalue weighted by Gasteiger charge is -2.13. The van der Waals surface area contributed by atoms with Crippen LogP contribution in [0.3, 0.4) is 0 Å². The predicted octanol–water partition coefficient (Wildman–Crippen LogP) is 3.91. The minimum absolute atomic E-state index is 0.641. The Hall–Kier alpha value is -1.87. The summed E-state index contributed by atoms with van der Waals surface area (Å²) >= 11 is 0. The van der Waals surface area contributed by atoms with E-state index in [9.17, 15) is 0 Å². The Morgan fingerprint density at radius 1 is 1.05 bits per heavy atom. The molecule has 3 heteroatoms. The topological polar surface area (TPSA) is 34.1 Å². The number of hydrogen-bond donors (Lipinski definition) is 1. The van der Waals surface area contributed by atoms with Gasteiger partial charge in [-0.1, -0.05) is 25.1 Å². The van der Waals surface area contributed by atoms with Crippen molar-refractivity contribution in [2.24, 2.45) is 0 Å². The van der Waals surface area contributed by atoms with Crippen molar-refractivity contribution in [2.45, 2.75) is 34.2 Å². The SMILES string of the molecule is CCNCc1ccc(Oc2c(C)ccc(C)c2C)nc1. The van der Waals surface area contributed by atoms with Crippen LogP contribution in [0.1, 0.15) is 29.2 Å². The van der Waals surface area contributed by atoms with Gasteiger partial charge in [-0.25, -0.2) is 4.98 Å². The van der Waals surface area contributed by atoms with Crippen molar-refractivity contribution >= 4 is 0 Å². The molecule has 0 saturated carbocycles. The predicted molar refractivity (Wildman–Crippen MR) is 82.3 cm³/mol. The summed E-state index contributed by atoms with van der Waals surface area (Å²) in [6.45, 7) is 10.1. The Morgan fingerprint density at radius 3 is 2.45 bits per heavy atom. The van der Waals surface area contributed by atoms with Gasteiger partial charge < -0.3 is 10.1 Å². The van der Waals surface area contributed by atoms with Gasteiger partial charge in [-0.2, -0.15) is 0 Å². The average molecular weight is 270 g/mol. The second-order valence-corrected chi connectivity index (χ2v) is 5.04. The maximum atomic E-state index is 5.95. The van der Waals surface area contributed by atoms with Gasteiger partial charge >= 0.3 is 0 Å². The van der Waals surface area contributed by atoms with E-state index in [1.165, 1.54) is 11.1 Å². The van der Waals surface area contributed by atoms with Crippen molar-refractivity contribution in [2.75, 3.05) is 6.54 Å². The molecule has 3 nitrogen and oxygen atoms in total. The first-order valence-electron chi connectivity index (χ1n) is 7.02. The smallest absolute Gasteiger partial charge is 0.219 e. The van der Waals surface area contributed by atoms with E-state index < -0.39 is 0 Å². The fraction of sp³-hybridized carbons (Fsp3) is 0.353. The second kappa shape index (κ2) is 6.53. The molecule has 2 rings (SSSR count). The molecule has 1 aromatic heterocycles. The van der Waals surface area contributed by atoms with E-state index in [4.69, 9.17) is 4.74 Å². The van der Waals surface area contributed by atoms with Gasteiger partial charge in [0.1, 0.15) is 5.75 Å². The molecular formula is C17H22N2O. The van der Waals surface area contributed by atoms with Crippen molar-refractivity contribution in [3.8, 4) is 11.6 Å². The van der Waals surface area contributed by atoms with E-state index in [0.29, 0.717) is 5.88 Å². The first kappa shape index (κ1) is 14.5. The molecule has 0 radical (unpaired) electrons. The van der Waals surface area contributed by atoms with Crippen LogP contribution in [0.5, 0.6) is 11.6 Å². The van der Waals surface area contributed by atoms with Crippen molar-refractivity contribution < 1.29 is 4.74 Å². The van der Waals surface area contributed by atoms with Gasteiger partial charge in [0.05, 0.1) is 0 Å². The number of hydrogen-bond acceptors (Lipinski definition) is 3. The minimum atomic E-state index is 0.641. The summed E-state index contributed by atoms with van der Waals surface area (Å²) in [7, 11) is 0. The number of benzene rings is 1. The summed E-state index contributed by atoms with van der Waals surface area (Å²) in [4.78, 5) is 4.38. The number of ether oxygens (including phenoxy) is 1. The fourth-order valence-electron chi connectivity index (χ4n) is 2.03. The van der Waals surface area contributed by atoms with Crippen LogP contribution >= 0.6 is 0 Å². The van der Waals surface area contributed by atoms with Crippen LogP contribution in [0, 0.1) is 20.8 Å². The molecule has 0 saturated heterocycles. The van der Waals surface area contributed by atoms with Gasteiger partial charge in [-0.3, -0.25) is 0 Å². The molecular weight excluding hydrogens is 248 g/mol. The van der Waals surface area contributed by atoms with E-state index >= 15 is 0 Å². The van der Waals surface area contributed by atoms with E-state index in [2.05, 4.69) is 50.1 Å². The number of nitrogens with zero attached hydrogens (tertiary/aromatic N) is 1. The molecule has 0 unspecified atom stereocenters. The molecule has 0 aliphatic rings. The summed E-state index contributed by atoms with van der Waals surface area (Å²) in [6.07, 6.45) is 1.86. The zero-order chi connectivity index (χ0) is 14.5. The Morgan fingerprint density at radius 2 is 1.80 bits per heavy atom. The van der Waals surface area contributed by atoms with Crippen LogP contribution in [0.2, 0.25) is 0 Å². The lowest BCUT2D eigenvalue weighted by Crippen LogP contribution is -2.11. The third kappa shape index (κ3) is 3.36. The van der Waals surface area contributed by atoms with E-state index in [0.717, 1.165) is 30.0 Å². The molecule has 0 amide bonds. The number of rotatable bonds is 5. The number of nitrogens with one attached hydrogen (secondary N) is 1. The Kier molecular flexibility index (Phi) is 4.74. The quantitative estimate of drug-likeness (QED) is 0.894. The summed E-state index contributed by atoms with van der Waals surface area (Å²) in [5, 5.41) is 3.28. The van der Waals surface area contributed by atoms with E-state index in [-0.39, 0.29) is 0 Å². The van der Waals surface area contributed by atoms with E-state index in [1.54, 1.807) is 0 Å². The maximum Gasteiger partial charge on any atom is 0.219 e. The second-order valence-electron chi connectivity index (χ2n) is 5.04. The molecule has 20 heavy (non-hydrogen) atoms. The standard InChI is InChI=1S/C17H22N2O/c1-5-18-10-15-8-9-16(19-11-15)20-17-13(3)7-6-12(2)14(17)4/h6-9,11,18H,5,10H2,1-4H3. The molecule has 0 aliphatic carbocycles. The lowest BCUT2D eigenvalue weighted by molar-refractivity contribution is 0.455. The van der Waals surface area contributed by atoms with Crippen LogP contribution < -0.4 is 10.1 Å². The van der Waals surface area contributed by atoms with Crippen LogP contribution in [-0.2, 0) is 6.54 Å². The Bertz CT molecular complexity index is 576. The van der Waals surface area contributed by atoms with Crippen LogP contribution in [0.25, 0.3) is 0 Å². The number of aryl methyl sites for hydroxylation is 2. The summed E-state index contributed by atoms with van der Waals surface area (Å²) in [5.74, 6) is 1.55. The normalized spacial score (nSPS) is 10.6. The zero-order valence-corrected chi connectivity index (χ0v) is 12.7. The van der Waals surface area contributed by atoms with Gasteiger partial charge in [0.2, 0.25) is 5.88 Å². The van der Waals surface area contributed by atoms with Gasteiger partial charge in [-0.15, -0.1) is 0 Å². The van der Waals surface area contributed by atoms with E-state index in [1.807, 2.05) is 18.3 Å². The lowest BCUT2D eigenvalue weighted by atomic mass is 10.1. The van der Waals surface area contributed by atoms with Gasteiger partial charge in [0, 0.05) is 18.8 Å². The summed E-state index contributed by atoms with van der Waals surface area (Å²) in [5.41, 5.74) is 4.70. The van der Waals surface area contributed by atoms with Crippen LogP contribution in [0.4, 0.5) is 0 Å². The molecule has 1 heterocycles. The third-order valence-electron chi connectivity index (χ3n) is 3.46. The monoisotopic (exact) mass is 270 g/mol. The Balaban J connectivity index is 2.16. The van der Waals surface area contributed by atoms with Crippen molar-refractivity contribution in [3.63, 3.8) is 0 Å². The highest BCUT2D eigenvalue weighted by atomic mass is 16.5. The molecule has 1 N–H and O–H groups in total. The molecule has 0 bridgehead atoms. The first-order chi connectivity index (χ1) is 9.61. The largest absolute Gasteiger partial charge is 0.438 e. The minimum Gasteiger partial charge on any atom is -0.438 e. The molecule has 0 fully saturated rings. The maximum absolute atomic E-state index is 5.95.